The van der Waals surface area contributed by atoms with Crippen molar-refractivity contribution in [2.24, 2.45) is 0 Å². The first kappa shape index (κ1) is 25.2. The molecule has 2 aromatic carbocycles. The SMILES string of the molecule is COc1ccc2nc(N3C(=O)C(=O)/C(=C(/O)c4nc5c(C)cccn5c4C)C3c3cccc([N+](=O)[O-])c3)sc2c1. The number of rotatable bonds is 5. The van der Waals surface area contributed by atoms with Gasteiger partial charge in [0.15, 0.2) is 10.9 Å². The Labute approximate surface area is 230 Å². The number of aryl methyl sites for hydroxylation is 2. The monoisotopic (exact) mass is 555 g/mol. The number of ether oxygens (including phenoxy) is 1. The van der Waals surface area contributed by atoms with Crippen LogP contribution in [0.4, 0.5) is 10.8 Å². The number of aliphatic hydroxyl groups is 1. The molecule has 0 radical (unpaired) electrons. The maximum Gasteiger partial charge on any atom is 0.301 e. The van der Waals surface area contributed by atoms with Crippen LogP contribution < -0.4 is 9.64 Å². The lowest BCUT2D eigenvalue weighted by molar-refractivity contribution is -0.384. The van der Waals surface area contributed by atoms with E-state index in [2.05, 4.69) is 9.97 Å². The van der Waals surface area contributed by atoms with Gasteiger partial charge in [0.05, 0.1) is 39.6 Å². The number of aromatic nitrogens is 3. The number of Topliss-reactive ketones (excluding diaryl/α,β-unsaturated/α-hetero) is 1. The number of thiazole rings is 1. The number of benzene rings is 2. The van der Waals surface area contributed by atoms with Crippen LogP contribution in [0.15, 0.2) is 66.4 Å². The highest BCUT2D eigenvalue weighted by Gasteiger charge is 2.49. The van der Waals surface area contributed by atoms with E-state index in [4.69, 9.17) is 4.74 Å². The number of non-ortho nitro benzene ring substituents is 1. The molecule has 1 fully saturated rings. The van der Waals surface area contributed by atoms with Crippen molar-refractivity contribution in [1.29, 1.82) is 0 Å². The van der Waals surface area contributed by atoms with Crippen LogP contribution in [0.3, 0.4) is 0 Å². The van der Waals surface area contributed by atoms with E-state index in [0.717, 1.165) is 16.9 Å². The van der Waals surface area contributed by atoms with Crippen molar-refractivity contribution in [3.05, 3.63) is 99.0 Å². The summed E-state index contributed by atoms with van der Waals surface area (Å²) in [6.45, 7) is 3.61. The van der Waals surface area contributed by atoms with Gasteiger partial charge in [-0.3, -0.25) is 24.6 Å². The van der Waals surface area contributed by atoms with Crippen molar-refractivity contribution >= 4 is 55.5 Å². The van der Waals surface area contributed by atoms with E-state index >= 15 is 0 Å². The lowest BCUT2D eigenvalue weighted by Gasteiger charge is -2.22. The molecule has 0 bridgehead atoms. The number of nitro groups is 1. The number of hydrogen-bond donors (Lipinski definition) is 1. The van der Waals surface area contributed by atoms with Gasteiger partial charge in [-0.1, -0.05) is 29.5 Å². The van der Waals surface area contributed by atoms with Crippen molar-refractivity contribution in [3.8, 4) is 5.75 Å². The van der Waals surface area contributed by atoms with Crippen LogP contribution in [-0.4, -0.2) is 43.2 Å². The Morgan fingerprint density at radius 2 is 1.90 bits per heavy atom. The summed E-state index contributed by atoms with van der Waals surface area (Å²) in [6, 6.07) is 13.4. The third kappa shape index (κ3) is 3.80. The van der Waals surface area contributed by atoms with Crippen LogP contribution in [0, 0.1) is 24.0 Å². The van der Waals surface area contributed by atoms with Crippen LogP contribution in [0.5, 0.6) is 5.75 Å². The van der Waals surface area contributed by atoms with E-state index < -0.39 is 28.4 Å². The lowest BCUT2D eigenvalue weighted by atomic mass is 9.96. The van der Waals surface area contributed by atoms with Crippen molar-refractivity contribution in [2.75, 3.05) is 12.0 Å². The van der Waals surface area contributed by atoms with Crippen LogP contribution in [0.25, 0.3) is 21.6 Å². The Morgan fingerprint density at radius 3 is 2.62 bits per heavy atom. The molecule has 3 aromatic heterocycles. The molecule has 1 aliphatic rings. The molecule has 12 heteroatoms. The number of amides is 1. The number of aliphatic hydroxyl groups excluding tert-OH is 1. The van der Waals surface area contributed by atoms with E-state index in [0.29, 0.717) is 27.3 Å². The van der Waals surface area contributed by atoms with Crippen LogP contribution in [-0.2, 0) is 9.59 Å². The lowest BCUT2D eigenvalue weighted by Crippen LogP contribution is -2.29. The third-order valence-corrected chi connectivity index (χ3v) is 7.96. The maximum atomic E-state index is 13.6. The topological polar surface area (TPSA) is 140 Å². The van der Waals surface area contributed by atoms with Gasteiger partial charge >= 0.3 is 5.91 Å². The van der Waals surface area contributed by atoms with E-state index in [1.54, 1.807) is 41.8 Å². The Bertz CT molecular complexity index is 1920. The number of carbonyl (C=O) groups is 2. The van der Waals surface area contributed by atoms with Gasteiger partial charge in [-0.2, -0.15) is 0 Å². The highest BCUT2D eigenvalue weighted by Crippen LogP contribution is 2.45. The molecule has 1 aliphatic heterocycles. The molecule has 11 nitrogen and oxygen atoms in total. The number of nitro benzene ring substituents is 1. The van der Waals surface area contributed by atoms with E-state index in [9.17, 15) is 24.8 Å². The molecule has 1 saturated heterocycles. The molecule has 0 saturated carbocycles. The molecule has 6 rings (SSSR count). The van der Waals surface area contributed by atoms with Crippen molar-refractivity contribution < 1.29 is 24.4 Å². The van der Waals surface area contributed by atoms with Gasteiger partial charge in [0, 0.05) is 18.3 Å². The fourth-order valence-corrected chi connectivity index (χ4v) is 5.97. The van der Waals surface area contributed by atoms with E-state index in [1.807, 2.05) is 19.1 Å². The minimum Gasteiger partial charge on any atom is -0.505 e. The second-order valence-corrected chi connectivity index (χ2v) is 10.3. The van der Waals surface area contributed by atoms with Gasteiger partial charge in [0.25, 0.3) is 11.5 Å². The first-order valence-electron chi connectivity index (χ1n) is 12.1. The minimum atomic E-state index is -1.19. The Morgan fingerprint density at radius 1 is 1.10 bits per heavy atom. The molecule has 4 heterocycles. The Hall–Kier alpha value is -5.10. The molecule has 5 aromatic rings. The highest BCUT2D eigenvalue weighted by atomic mass is 32.1. The molecule has 0 spiro atoms. The summed E-state index contributed by atoms with van der Waals surface area (Å²) in [5.41, 5.74) is 2.52. The number of imidazole rings is 1. The summed E-state index contributed by atoms with van der Waals surface area (Å²) in [5, 5.41) is 23.4. The second-order valence-electron chi connectivity index (χ2n) is 9.28. The smallest absolute Gasteiger partial charge is 0.301 e. The summed E-state index contributed by atoms with van der Waals surface area (Å²) >= 11 is 1.16. The van der Waals surface area contributed by atoms with Gasteiger partial charge in [-0.25, -0.2) is 9.97 Å². The largest absolute Gasteiger partial charge is 0.505 e. The normalized spacial score (nSPS) is 16.8. The summed E-state index contributed by atoms with van der Waals surface area (Å²) in [4.78, 5) is 48.6. The summed E-state index contributed by atoms with van der Waals surface area (Å²) < 4.78 is 7.78. The fraction of sp³-hybridized carbons (Fsp3) is 0.143. The van der Waals surface area contributed by atoms with Gasteiger partial charge in [-0.15, -0.1) is 0 Å². The van der Waals surface area contributed by atoms with Crippen LogP contribution in [0.2, 0.25) is 0 Å². The molecule has 0 aliphatic carbocycles. The summed E-state index contributed by atoms with van der Waals surface area (Å²) in [7, 11) is 1.53. The average molecular weight is 556 g/mol. The van der Waals surface area contributed by atoms with Crippen molar-refractivity contribution in [3.63, 3.8) is 0 Å². The summed E-state index contributed by atoms with van der Waals surface area (Å²) in [6.07, 6.45) is 1.79. The first-order valence-corrected chi connectivity index (χ1v) is 13.0. The van der Waals surface area contributed by atoms with Gasteiger partial charge in [-0.05, 0) is 49.2 Å². The predicted octanol–water partition coefficient (Wildman–Crippen LogP) is 5.10. The standard InChI is InChI=1S/C28H21N5O6S/c1-14-6-5-11-31-15(2)22(30-26(14)31)24(34)21-23(16-7-4-8-17(12-16)33(37)38)32(27(36)25(21)35)28-29-19-10-9-18(39-3)13-20(19)40-28/h4-13,23,34H,1-3H3/b24-21+. The number of carbonyl (C=O) groups excluding carboxylic acids is 2. The number of nitrogens with zero attached hydrogens (tertiary/aromatic N) is 5. The average Bonchev–Trinajstić information content (AvgIpc) is 3.60. The Balaban J connectivity index is 1.60. The number of fused-ring (bicyclic) bond motifs is 2. The van der Waals surface area contributed by atoms with E-state index in [1.165, 1.54) is 30.2 Å². The van der Waals surface area contributed by atoms with Gasteiger partial charge in [0.1, 0.15) is 17.1 Å². The number of ketones is 1. The summed E-state index contributed by atoms with van der Waals surface area (Å²) in [5.74, 6) is -1.74. The number of methoxy groups -OCH3 is 1. The molecular formula is C28H21N5O6S. The molecule has 1 unspecified atom stereocenters. The first-order chi connectivity index (χ1) is 19.2. The third-order valence-electron chi connectivity index (χ3n) is 6.94. The molecular weight excluding hydrogens is 534 g/mol. The number of pyridine rings is 1. The van der Waals surface area contributed by atoms with Gasteiger partial charge in [0.2, 0.25) is 0 Å². The zero-order valence-corrected chi connectivity index (χ0v) is 22.3. The molecule has 40 heavy (non-hydrogen) atoms. The zero-order valence-electron chi connectivity index (χ0n) is 21.5. The predicted molar refractivity (Wildman–Crippen MR) is 149 cm³/mol. The molecule has 1 amide bonds. The number of hydrogen-bond acceptors (Lipinski definition) is 9. The van der Waals surface area contributed by atoms with Crippen molar-refractivity contribution in [2.45, 2.75) is 19.9 Å². The fourth-order valence-electron chi connectivity index (χ4n) is 4.95. The minimum absolute atomic E-state index is 0.136. The van der Waals surface area contributed by atoms with Gasteiger partial charge < -0.3 is 14.2 Å². The van der Waals surface area contributed by atoms with Crippen molar-refractivity contribution in [1.82, 2.24) is 14.4 Å². The highest BCUT2D eigenvalue weighted by molar-refractivity contribution is 7.22. The molecule has 200 valence electrons. The molecule has 1 atom stereocenters. The Kier molecular flexibility index (Phi) is 5.84. The quantitative estimate of drug-likeness (QED) is 0.104. The number of anilines is 1. The molecule has 1 N–H and O–H groups in total. The maximum absolute atomic E-state index is 13.6. The zero-order chi connectivity index (χ0) is 28.3. The van der Waals surface area contributed by atoms with E-state index in [-0.39, 0.29) is 27.6 Å². The second kappa shape index (κ2) is 9.27. The van der Waals surface area contributed by atoms with Crippen LogP contribution in [0.1, 0.15) is 28.6 Å². The van der Waals surface area contributed by atoms with Crippen LogP contribution >= 0.6 is 11.3 Å².